The summed E-state index contributed by atoms with van der Waals surface area (Å²) in [5, 5.41) is 0.536. The second-order valence-electron chi connectivity index (χ2n) is 8.06. The van der Waals surface area contributed by atoms with E-state index in [9.17, 15) is 9.59 Å². The molecular weight excluding hydrogens is 544 g/mol. The smallest absolute Gasteiger partial charge is 0.323 e. The van der Waals surface area contributed by atoms with E-state index in [1.54, 1.807) is 12.1 Å². The van der Waals surface area contributed by atoms with Crippen LogP contribution in [0.2, 0.25) is 5.02 Å². The standard InChI is InChI=1S/C25H17Br2ClO3/c26-16-5-1-3-14(9-16)20-12-19(29)13-21(15-4-2-6-17(27)10-15)25(20)22-11-18(28)7-8-23(22)31-24(25)30/h1-11,20-21H,12-13H2/t20-,21+,25?. The van der Waals surface area contributed by atoms with Crippen molar-refractivity contribution in [1.29, 1.82) is 0 Å². The van der Waals surface area contributed by atoms with E-state index in [0.29, 0.717) is 10.8 Å². The number of ketones is 1. The van der Waals surface area contributed by atoms with Gasteiger partial charge in [0.1, 0.15) is 16.9 Å². The Balaban J connectivity index is 1.82. The summed E-state index contributed by atoms with van der Waals surface area (Å²) in [6.45, 7) is 0. The van der Waals surface area contributed by atoms with Gasteiger partial charge in [-0.15, -0.1) is 0 Å². The first-order valence-electron chi connectivity index (χ1n) is 9.94. The largest absolute Gasteiger partial charge is 0.425 e. The molecule has 31 heavy (non-hydrogen) atoms. The molecule has 3 aromatic rings. The van der Waals surface area contributed by atoms with Gasteiger partial charge in [-0.25, -0.2) is 0 Å². The third kappa shape index (κ3) is 3.38. The molecule has 1 heterocycles. The number of carbonyl (C=O) groups excluding carboxylic acids is 2. The van der Waals surface area contributed by atoms with E-state index < -0.39 is 5.41 Å². The minimum absolute atomic E-state index is 0.129. The summed E-state index contributed by atoms with van der Waals surface area (Å²) in [6.07, 6.45) is 0.532. The van der Waals surface area contributed by atoms with Crippen LogP contribution in [-0.2, 0) is 15.0 Å². The van der Waals surface area contributed by atoms with E-state index in [1.807, 2.05) is 54.6 Å². The molecule has 3 aromatic carbocycles. The van der Waals surface area contributed by atoms with Crippen LogP contribution >= 0.6 is 43.5 Å². The van der Waals surface area contributed by atoms with Crippen LogP contribution in [0, 0.1) is 0 Å². The lowest BCUT2D eigenvalue weighted by Crippen LogP contribution is -2.49. The number of carbonyl (C=O) groups is 2. The minimum atomic E-state index is -1.05. The molecule has 3 atom stereocenters. The van der Waals surface area contributed by atoms with E-state index in [1.165, 1.54) is 0 Å². The SMILES string of the molecule is O=C1C[C@H](c2cccc(Br)c2)C2(C(=O)Oc3ccc(Cl)cc32)[C@H](c2cccc(Br)c2)C1. The van der Waals surface area contributed by atoms with Crippen LogP contribution in [0.15, 0.2) is 75.7 Å². The van der Waals surface area contributed by atoms with Crippen LogP contribution in [0.1, 0.15) is 41.4 Å². The Bertz CT molecular complexity index is 1170. The van der Waals surface area contributed by atoms with Crippen molar-refractivity contribution in [1.82, 2.24) is 0 Å². The van der Waals surface area contributed by atoms with Crippen molar-refractivity contribution >= 4 is 55.2 Å². The van der Waals surface area contributed by atoms with Crippen LogP contribution in [0.3, 0.4) is 0 Å². The first-order chi connectivity index (χ1) is 14.9. The Kier molecular flexibility index (Phi) is 5.32. The molecule has 156 valence electrons. The normalized spacial score (nSPS) is 24.9. The molecule has 1 aliphatic carbocycles. The Hall–Kier alpha value is -1.95. The minimum Gasteiger partial charge on any atom is -0.425 e. The van der Waals surface area contributed by atoms with E-state index in [2.05, 4.69) is 31.9 Å². The molecule has 0 amide bonds. The zero-order valence-corrected chi connectivity index (χ0v) is 20.2. The fourth-order valence-electron chi connectivity index (χ4n) is 5.18. The van der Waals surface area contributed by atoms with E-state index in [0.717, 1.165) is 25.6 Å². The summed E-state index contributed by atoms with van der Waals surface area (Å²) < 4.78 is 7.62. The van der Waals surface area contributed by atoms with Crippen LogP contribution in [0.5, 0.6) is 5.75 Å². The number of rotatable bonds is 2. The van der Waals surface area contributed by atoms with Gasteiger partial charge in [-0.3, -0.25) is 9.59 Å². The Morgan fingerprint density at radius 2 is 1.42 bits per heavy atom. The van der Waals surface area contributed by atoms with Crippen LogP contribution in [-0.4, -0.2) is 11.8 Å². The number of hydrogen-bond donors (Lipinski definition) is 0. The molecule has 6 heteroatoms. The molecule has 0 aromatic heterocycles. The average molecular weight is 561 g/mol. The number of ether oxygens (including phenoxy) is 1. The molecule has 1 saturated carbocycles. The fourth-order valence-corrected chi connectivity index (χ4v) is 6.19. The lowest BCUT2D eigenvalue weighted by atomic mass is 9.54. The van der Waals surface area contributed by atoms with Gasteiger partial charge >= 0.3 is 5.97 Å². The predicted octanol–water partition coefficient (Wildman–Crippen LogP) is 6.95. The van der Waals surface area contributed by atoms with Gasteiger partial charge in [0.2, 0.25) is 0 Å². The summed E-state index contributed by atoms with van der Waals surface area (Å²) in [5.74, 6) is -0.426. The number of Topliss-reactive ketones (excluding diaryl/α,β-unsaturated/α-hetero) is 1. The topological polar surface area (TPSA) is 43.4 Å². The highest BCUT2D eigenvalue weighted by molar-refractivity contribution is 9.10. The fraction of sp³-hybridized carbons (Fsp3) is 0.200. The van der Waals surface area contributed by atoms with Crippen molar-refractivity contribution in [2.24, 2.45) is 0 Å². The molecule has 5 rings (SSSR count). The molecule has 0 radical (unpaired) electrons. The number of esters is 1. The van der Waals surface area contributed by atoms with Crippen molar-refractivity contribution in [2.45, 2.75) is 30.1 Å². The van der Waals surface area contributed by atoms with Crippen molar-refractivity contribution in [3.63, 3.8) is 0 Å². The van der Waals surface area contributed by atoms with Gasteiger partial charge in [0.25, 0.3) is 0 Å². The zero-order valence-electron chi connectivity index (χ0n) is 16.3. The van der Waals surface area contributed by atoms with Gasteiger partial charge in [0.05, 0.1) is 0 Å². The monoisotopic (exact) mass is 558 g/mol. The third-order valence-corrected chi connectivity index (χ3v) is 7.61. The molecule has 2 aliphatic rings. The van der Waals surface area contributed by atoms with Gasteiger partial charge in [0, 0.05) is 44.2 Å². The maximum atomic E-state index is 13.8. The Morgan fingerprint density at radius 1 is 0.839 bits per heavy atom. The van der Waals surface area contributed by atoms with Gasteiger partial charge < -0.3 is 4.74 Å². The van der Waals surface area contributed by atoms with Crippen LogP contribution in [0.4, 0.5) is 0 Å². The highest BCUT2D eigenvalue weighted by Gasteiger charge is 2.62. The van der Waals surface area contributed by atoms with Crippen LogP contribution < -0.4 is 4.74 Å². The molecule has 1 unspecified atom stereocenters. The summed E-state index contributed by atoms with van der Waals surface area (Å²) in [6, 6.07) is 21.0. The molecular formula is C25H17Br2ClO3. The number of fused-ring (bicyclic) bond motifs is 2. The second kappa shape index (κ2) is 7.88. The van der Waals surface area contributed by atoms with Gasteiger partial charge in [-0.1, -0.05) is 67.7 Å². The van der Waals surface area contributed by atoms with Gasteiger partial charge in [-0.05, 0) is 53.6 Å². The highest BCUT2D eigenvalue weighted by Crippen LogP contribution is 2.61. The summed E-state index contributed by atoms with van der Waals surface area (Å²) in [7, 11) is 0. The van der Waals surface area contributed by atoms with Crippen molar-refractivity contribution in [2.75, 3.05) is 0 Å². The zero-order chi connectivity index (χ0) is 21.8. The van der Waals surface area contributed by atoms with Crippen molar-refractivity contribution in [3.8, 4) is 5.75 Å². The first-order valence-corrected chi connectivity index (χ1v) is 11.9. The van der Waals surface area contributed by atoms with Crippen molar-refractivity contribution < 1.29 is 14.3 Å². The van der Waals surface area contributed by atoms with E-state index in [-0.39, 0.29) is 36.4 Å². The van der Waals surface area contributed by atoms with Gasteiger partial charge in [-0.2, -0.15) is 0 Å². The summed E-state index contributed by atoms with van der Waals surface area (Å²) in [4.78, 5) is 26.8. The lowest BCUT2D eigenvalue weighted by molar-refractivity contribution is -0.142. The second-order valence-corrected chi connectivity index (χ2v) is 10.3. The maximum Gasteiger partial charge on any atom is 0.323 e. The lowest BCUT2D eigenvalue weighted by Gasteiger charge is -2.45. The number of hydrogen-bond acceptors (Lipinski definition) is 3. The van der Waals surface area contributed by atoms with Crippen LogP contribution in [0.25, 0.3) is 0 Å². The third-order valence-electron chi connectivity index (χ3n) is 6.39. The Labute approximate surface area is 202 Å². The Morgan fingerprint density at radius 3 is 1.97 bits per heavy atom. The predicted molar refractivity (Wildman–Crippen MR) is 127 cm³/mol. The number of benzene rings is 3. The molecule has 1 fully saturated rings. The molecule has 1 spiro atoms. The molecule has 1 aliphatic heterocycles. The molecule has 3 nitrogen and oxygen atoms in total. The van der Waals surface area contributed by atoms with Gasteiger partial charge in [0.15, 0.2) is 0 Å². The highest BCUT2D eigenvalue weighted by atomic mass is 79.9. The molecule has 0 bridgehead atoms. The first kappa shape index (κ1) is 20.9. The quantitative estimate of drug-likeness (QED) is 0.252. The van der Waals surface area contributed by atoms with E-state index >= 15 is 0 Å². The average Bonchev–Trinajstić information content (AvgIpc) is 3.01. The number of halogens is 3. The molecule has 0 saturated heterocycles. The summed E-state index contributed by atoms with van der Waals surface area (Å²) >= 11 is 13.5. The molecule has 0 N–H and O–H groups in total. The van der Waals surface area contributed by atoms with Crippen molar-refractivity contribution in [3.05, 3.63) is 97.4 Å². The maximum absolute atomic E-state index is 13.8. The van der Waals surface area contributed by atoms with E-state index in [4.69, 9.17) is 16.3 Å². The summed E-state index contributed by atoms with van der Waals surface area (Å²) in [5.41, 5.74) is 1.56.